The van der Waals surface area contributed by atoms with Gasteiger partial charge in [0.25, 0.3) is 5.91 Å². The molecule has 0 aliphatic rings. The van der Waals surface area contributed by atoms with Crippen LogP contribution in [0, 0.1) is 0 Å². The summed E-state index contributed by atoms with van der Waals surface area (Å²) in [5, 5.41) is 2.89. The maximum absolute atomic E-state index is 11.9. The fraction of sp³-hybridized carbons (Fsp3) is 0.312. The molecule has 0 atom stereocenters. The lowest BCUT2D eigenvalue weighted by Crippen LogP contribution is -2.13. The molecule has 2 nitrogen and oxygen atoms in total. The summed E-state index contributed by atoms with van der Waals surface area (Å²) in [6.45, 7) is 8.06. The predicted octanol–water partition coefficient (Wildman–Crippen LogP) is 4.27. The van der Waals surface area contributed by atoms with Gasteiger partial charge in [-0.25, -0.2) is 0 Å². The molecule has 1 amide bonds. The average Bonchev–Trinajstić information content (AvgIpc) is 2.36. The number of nitrogens with one attached hydrogen (secondary N) is 1. The van der Waals surface area contributed by atoms with Crippen LogP contribution >= 0.6 is 0 Å². The zero-order chi connectivity index (χ0) is 13.5. The maximum Gasteiger partial charge on any atom is 0.255 e. The van der Waals surface area contributed by atoms with Gasteiger partial charge in [0, 0.05) is 11.3 Å². The van der Waals surface area contributed by atoms with Gasteiger partial charge in [-0.05, 0) is 37.5 Å². The van der Waals surface area contributed by atoms with Crippen LogP contribution in [0.2, 0.25) is 0 Å². The molecule has 0 aliphatic carbocycles. The van der Waals surface area contributed by atoms with Gasteiger partial charge >= 0.3 is 0 Å². The van der Waals surface area contributed by atoms with Gasteiger partial charge in [-0.3, -0.25) is 4.79 Å². The first-order valence-corrected chi connectivity index (χ1v) is 6.28. The SMILES string of the molecule is C/C=C\C(=C/C)C(=O)Nc1ccc(C(C)C)cc1. The highest BCUT2D eigenvalue weighted by Crippen LogP contribution is 2.17. The van der Waals surface area contributed by atoms with Crippen LogP contribution in [0.3, 0.4) is 0 Å². The van der Waals surface area contributed by atoms with Crippen molar-refractivity contribution in [2.75, 3.05) is 5.32 Å². The summed E-state index contributed by atoms with van der Waals surface area (Å²) in [5.74, 6) is 0.428. The Morgan fingerprint density at radius 3 is 2.22 bits per heavy atom. The molecule has 0 saturated carbocycles. The van der Waals surface area contributed by atoms with Gasteiger partial charge in [0.1, 0.15) is 0 Å². The van der Waals surface area contributed by atoms with E-state index in [1.165, 1.54) is 5.56 Å². The first-order chi connectivity index (χ1) is 8.58. The number of hydrogen-bond donors (Lipinski definition) is 1. The summed E-state index contributed by atoms with van der Waals surface area (Å²) in [6, 6.07) is 7.98. The molecule has 1 aromatic rings. The number of anilines is 1. The van der Waals surface area contributed by atoms with E-state index in [0.717, 1.165) is 5.69 Å². The van der Waals surface area contributed by atoms with Gasteiger partial charge < -0.3 is 5.32 Å². The van der Waals surface area contributed by atoms with E-state index in [1.807, 2.05) is 44.2 Å². The van der Waals surface area contributed by atoms with E-state index in [-0.39, 0.29) is 5.91 Å². The highest BCUT2D eigenvalue weighted by molar-refractivity contribution is 6.05. The molecule has 1 rings (SSSR count). The number of amides is 1. The molecule has 0 bridgehead atoms. The van der Waals surface area contributed by atoms with Gasteiger partial charge in [-0.2, -0.15) is 0 Å². The van der Waals surface area contributed by atoms with Crippen molar-refractivity contribution in [2.45, 2.75) is 33.6 Å². The Morgan fingerprint density at radius 1 is 1.17 bits per heavy atom. The minimum atomic E-state index is -0.0760. The van der Waals surface area contributed by atoms with Crippen molar-refractivity contribution >= 4 is 11.6 Å². The van der Waals surface area contributed by atoms with Crippen molar-refractivity contribution in [3.8, 4) is 0 Å². The zero-order valence-corrected chi connectivity index (χ0v) is 11.5. The second-order valence-electron chi connectivity index (χ2n) is 4.47. The van der Waals surface area contributed by atoms with Crippen LogP contribution < -0.4 is 5.32 Å². The number of hydrogen-bond acceptors (Lipinski definition) is 1. The third-order valence-electron chi connectivity index (χ3n) is 2.75. The molecule has 0 aliphatic heterocycles. The minimum absolute atomic E-state index is 0.0760. The van der Waals surface area contributed by atoms with Gasteiger partial charge in [0.15, 0.2) is 0 Å². The highest BCUT2D eigenvalue weighted by Gasteiger charge is 2.06. The van der Waals surface area contributed by atoms with Crippen molar-refractivity contribution in [1.82, 2.24) is 0 Å². The van der Waals surface area contributed by atoms with E-state index >= 15 is 0 Å². The van der Waals surface area contributed by atoms with Crippen molar-refractivity contribution in [3.63, 3.8) is 0 Å². The molecular formula is C16H21NO. The molecule has 0 fully saturated rings. The van der Waals surface area contributed by atoms with Crippen LogP contribution in [0.15, 0.2) is 48.1 Å². The Labute approximate surface area is 109 Å². The van der Waals surface area contributed by atoms with E-state index in [9.17, 15) is 4.79 Å². The highest BCUT2D eigenvalue weighted by atomic mass is 16.1. The quantitative estimate of drug-likeness (QED) is 0.621. The largest absolute Gasteiger partial charge is 0.322 e. The van der Waals surface area contributed by atoms with E-state index in [2.05, 4.69) is 19.2 Å². The maximum atomic E-state index is 11.9. The summed E-state index contributed by atoms with van der Waals surface area (Å²) in [7, 11) is 0. The predicted molar refractivity (Wildman–Crippen MR) is 77.7 cm³/mol. The fourth-order valence-electron chi connectivity index (χ4n) is 1.64. The van der Waals surface area contributed by atoms with Crippen LogP contribution in [0.25, 0.3) is 0 Å². The molecule has 1 N–H and O–H groups in total. The smallest absolute Gasteiger partial charge is 0.255 e. The number of allylic oxidation sites excluding steroid dienone is 2. The third kappa shape index (κ3) is 3.88. The van der Waals surface area contributed by atoms with Crippen LogP contribution in [0.1, 0.15) is 39.2 Å². The van der Waals surface area contributed by atoms with E-state index in [4.69, 9.17) is 0 Å². The molecule has 0 radical (unpaired) electrons. The number of rotatable bonds is 4. The zero-order valence-electron chi connectivity index (χ0n) is 11.5. The second kappa shape index (κ2) is 6.80. The van der Waals surface area contributed by atoms with Crippen molar-refractivity contribution in [2.24, 2.45) is 0 Å². The molecule has 0 aromatic heterocycles. The molecule has 0 spiro atoms. The summed E-state index contributed by atoms with van der Waals surface area (Å²) in [6.07, 6.45) is 5.46. The topological polar surface area (TPSA) is 29.1 Å². The first-order valence-electron chi connectivity index (χ1n) is 6.28. The Hall–Kier alpha value is -1.83. The molecular weight excluding hydrogens is 222 g/mol. The lowest BCUT2D eigenvalue weighted by molar-refractivity contribution is -0.112. The van der Waals surface area contributed by atoms with Crippen molar-refractivity contribution in [3.05, 3.63) is 53.6 Å². The molecule has 18 heavy (non-hydrogen) atoms. The molecule has 1 aromatic carbocycles. The molecule has 2 heteroatoms. The Kier molecular flexibility index (Phi) is 5.37. The molecule has 0 saturated heterocycles. The summed E-state index contributed by atoms with van der Waals surface area (Å²) in [4.78, 5) is 11.9. The van der Waals surface area contributed by atoms with E-state index < -0.39 is 0 Å². The Balaban J connectivity index is 2.76. The van der Waals surface area contributed by atoms with Crippen LogP contribution in [0.5, 0.6) is 0 Å². The summed E-state index contributed by atoms with van der Waals surface area (Å²) in [5.41, 5.74) is 2.77. The standard InChI is InChI=1S/C16H21NO/c1-5-7-13(6-2)16(18)17-15-10-8-14(9-11-15)12(3)4/h5-12H,1-4H3,(H,17,18)/b7-5-,13-6+. The lowest BCUT2D eigenvalue weighted by Gasteiger charge is -2.08. The van der Waals surface area contributed by atoms with Crippen LogP contribution in [0.4, 0.5) is 5.69 Å². The van der Waals surface area contributed by atoms with Crippen LogP contribution in [-0.2, 0) is 4.79 Å². The number of carbonyl (C=O) groups excluding carboxylic acids is 1. The number of carbonyl (C=O) groups is 1. The van der Waals surface area contributed by atoms with E-state index in [0.29, 0.717) is 11.5 Å². The Bertz CT molecular complexity index is 452. The second-order valence-corrected chi connectivity index (χ2v) is 4.47. The van der Waals surface area contributed by atoms with Gasteiger partial charge in [-0.15, -0.1) is 0 Å². The van der Waals surface area contributed by atoms with Crippen LogP contribution in [-0.4, -0.2) is 5.91 Å². The monoisotopic (exact) mass is 243 g/mol. The number of benzene rings is 1. The van der Waals surface area contributed by atoms with E-state index in [1.54, 1.807) is 12.2 Å². The first kappa shape index (κ1) is 14.2. The molecule has 96 valence electrons. The average molecular weight is 243 g/mol. The third-order valence-corrected chi connectivity index (χ3v) is 2.75. The van der Waals surface area contributed by atoms with Crippen molar-refractivity contribution < 1.29 is 4.79 Å². The van der Waals surface area contributed by atoms with Gasteiger partial charge in [-0.1, -0.05) is 44.2 Å². The minimum Gasteiger partial charge on any atom is -0.322 e. The Morgan fingerprint density at radius 2 is 1.78 bits per heavy atom. The summed E-state index contributed by atoms with van der Waals surface area (Å²) < 4.78 is 0. The molecule has 0 unspecified atom stereocenters. The van der Waals surface area contributed by atoms with Crippen molar-refractivity contribution in [1.29, 1.82) is 0 Å². The lowest BCUT2D eigenvalue weighted by atomic mass is 10.0. The van der Waals surface area contributed by atoms with Gasteiger partial charge in [0.2, 0.25) is 0 Å². The molecule has 0 heterocycles. The van der Waals surface area contributed by atoms with Gasteiger partial charge in [0.05, 0.1) is 0 Å². The normalized spacial score (nSPS) is 12.2. The fourth-order valence-corrected chi connectivity index (χ4v) is 1.64. The summed E-state index contributed by atoms with van der Waals surface area (Å²) >= 11 is 0.